The molecule has 0 bridgehead atoms. The van der Waals surface area contributed by atoms with Crippen LogP contribution in [0, 0.1) is 5.82 Å². The molecule has 0 radical (unpaired) electrons. The van der Waals surface area contributed by atoms with Gasteiger partial charge in [0, 0.05) is 20.7 Å². The first-order valence-electron chi connectivity index (χ1n) is 5.75. The zero-order chi connectivity index (χ0) is 15.0. The van der Waals surface area contributed by atoms with Crippen LogP contribution in [0.5, 0.6) is 0 Å². The summed E-state index contributed by atoms with van der Waals surface area (Å²) in [6, 6.07) is 6.13. The zero-order valence-corrected chi connectivity index (χ0v) is 13.5. The summed E-state index contributed by atoms with van der Waals surface area (Å²) < 4.78 is 20.1. The summed E-state index contributed by atoms with van der Waals surface area (Å²) in [7, 11) is 0. The topological polar surface area (TPSA) is 77.8 Å². The SMILES string of the molecule is Nc1ccc(-c2nc(-c3ncc(Br)cc3Br)no2)cc1F. The maximum absolute atomic E-state index is 13.5. The quantitative estimate of drug-likeness (QED) is 0.641. The van der Waals surface area contributed by atoms with Crippen LogP contribution in [0.25, 0.3) is 23.0 Å². The van der Waals surface area contributed by atoms with Crippen LogP contribution >= 0.6 is 31.9 Å². The van der Waals surface area contributed by atoms with Crippen LogP contribution in [-0.4, -0.2) is 15.1 Å². The Morgan fingerprint density at radius 1 is 1.19 bits per heavy atom. The number of aromatic nitrogens is 3. The van der Waals surface area contributed by atoms with E-state index < -0.39 is 5.82 Å². The average Bonchev–Trinajstić information content (AvgIpc) is 2.91. The van der Waals surface area contributed by atoms with Gasteiger partial charge in [0.05, 0.1) is 5.69 Å². The van der Waals surface area contributed by atoms with Crippen molar-refractivity contribution in [1.29, 1.82) is 0 Å². The molecule has 106 valence electrons. The second-order valence-electron chi connectivity index (χ2n) is 4.14. The van der Waals surface area contributed by atoms with Gasteiger partial charge in [-0.25, -0.2) is 4.39 Å². The van der Waals surface area contributed by atoms with Crippen LogP contribution < -0.4 is 5.73 Å². The van der Waals surface area contributed by atoms with E-state index in [1.807, 2.05) is 6.07 Å². The van der Waals surface area contributed by atoms with E-state index in [4.69, 9.17) is 10.3 Å². The Balaban J connectivity index is 2.01. The van der Waals surface area contributed by atoms with Crippen LogP contribution in [0.15, 0.2) is 43.9 Å². The Bertz CT molecular complexity index is 822. The number of anilines is 1. The Hall–Kier alpha value is -1.80. The third kappa shape index (κ3) is 2.81. The maximum atomic E-state index is 13.5. The number of hydrogen-bond acceptors (Lipinski definition) is 5. The maximum Gasteiger partial charge on any atom is 0.258 e. The zero-order valence-electron chi connectivity index (χ0n) is 10.3. The van der Waals surface area contributed by atoms with Crippen LogP contribution in [0.3, 0.4) is 0 Å². The molecule has 1 aromatic carbocycles. The van der Waals surface area contributed by atoms with Crippen molar-refractivity contribution >= 4 is 37.5 Å². The number of halogens is 3. The van der Waals surface area contributed by atoms with Gasteiger partial charge in [0.25, 0.3) is 5.89 Å². The molecular formula is C13H7Br2FN4O. The summed E-state index contributed by atoms with van der Waals surface area (Å²) in [6.45, 7) is 0. The molecule has 21 heavy (non-hydrogen) atoms. The van der Waals surface area contributed by atoms with Gasteiger partial charge in [-0.05, 0) is 56.1 Å². The molecule has 0 saturated carbocycles. The van der Waals surface area contributed by atoms with Crippen molar-refractivity contribution in [2.45, 2.75) is 0 Å². The Labute approximate surface area is 135 Å². The van der Waals surface area contributed by atoms with Crippen LogP contribution in [0.2, 0.25) is 0 Å². The highest BCUT2D eigenvalue weighted by Crippen LogP contribution is 2.29. The lowest BCUT2D eigenvalue weighted by atomic mass is 10.2. The van der Waals surface area contributed by atoms with Crippen molar-refractivity contribution in [2.75, 3.05) is 5.73 Å². The highest BCUT2D eigenvalue weighted by atomic mass is 79.9. The van der Waals surface area contributed by atoms with E-state index in [0.29, 0.717) is 21.6 Å². The summed E-state index contributed by atoms with van der Waals surface area (Å²) >= 11 is 6.69. The predicted octanol–water partition coefficient (Wildman–Crippen LogP) is 4.04. The third-order valence-corrected chi connectivity index (χ3v) is 3.73. The van der Waals surface area contributed by atoms with E-state index in [2.05, 4.69) is 47.0 Å². The number of rotatable bonds is 2. The Kier molecular flexibility index (Phi) is 3.73. The highest BCUT2D eigenvalue weighted by molar-refractivity contribution is 9.11. The van der Waals surface area contributed by atoms with Crippen LogP contribution in [0.4, 0.5) is 10.1 Å². The summed E-state index contributed by atoms with van der Waals surface area (Å²) in [5.74, 6) is -0.0303. The first kappa shape index (κ1) is 14.2. The van der Waals surface area contributed by atoms with Gasteiger partial charge in [0.15, 0.2) is 0 Å². The molecule has 0 saturated heterocycles. The summed E-state index contributed by atoms with van der Waals surface area (Å²) in [4.78, 5) is 8.43. The molecule has 0 fully saturated rings. The van der Waals surface area contributed by atoms with E-state index in [-0.39, 0.29) is 11.6 Å². The fourth-order valence-electron chi connectivity index (χ4n) is 1.68. The normalized spacial score (nSPS) is 10.8. The number of hydrogen-bond donors (Lipinski definition) is 1. The highest BCUT2D eigenvalue weighted by Gasteiger charge is 2.15. The van der Waals surface area contributed by atoms with E-state index in [0.717, 1.165) is 4.47 Å². The molecule has 2 N–H and O–H groups in total. The largest absolute Gasteiger partial charge is 0.396 e. The molecule has 8 heteroatoms. The van der Waals surface area contributed by atoms with E-state index in [1.165, 1.54) is 12.1 Å². The van der Waals surface area contributed by atoms with Crippen molar-refractivity contribution < 1.29 is 8.91 Å². The van der Waals surface area contributed by atoms with E-state index in [9.17, 15) is 4.39 Å². The second-order valence-corrected chi connectivity index (χ2v) is 5.91. The van der Waals surface area contributed by atoms with Crippen molar-refractivity contribution in [3.05, 3.63) is 45.2 Å². The summed E-state index contributed by atoms with van der Waals surface area (Å²) in [5.41, 5.74) is 6.48. The standard InChI is InChI=1S/C13H7Br2FN4O/c14-7-4-8(15)11(18-5-7)12-19-13(21-20-12)6-1-2-10(17)9(16)3-6/h1-5H,17H2. The number of nitrogen functional groups attached to an aromatic ring is 1. The fraction of sp³-hybridized carbons (Fsp3) is 0. The molecule has 5 nitrogen and oxygen atoms in total. The van der Waals surface area contributed by atoms with Gasteiger partial charge in [-0.2, -0.15) is 4.98 Å². The first-order valence-corrected chi connectivity index (χ1v) is 7.34. The van der Waals surface area contributed by atoms with Gasteiger partial charge in [0.1, 0.15) is 11.5 Å². The molecule has 0 atom stereocenters. The van der Waals surface area contributed by atoms with Crippen LogP contribution in [-0.2, 0) is 0 Å². The third-order valence-electron chi connectivity index (χ3n) is 2.69. The number of nitrogens with zero attached hydrogens (tertiary/aromatic N) is 3. The minimum atomic E-state index is -0.532. The lowest BCUT2D eigenvalue weighted by molar-refractivity contribution is 0.432. The van der Waals surface area contributed by atoms with Crippen molar-refractivity contribution in [3.8, 4) is 23.0 Å². The molecule has 3 rings (SSSR count). The number of benzene rings is 1. The lowest BCUT2D eigenvalue weighted by Crippen LogP contribution is -1.91. The number of pyridine rings is 1. The van der Waals surface area contributed by atoms with Gasteiger partial charge >= 0.3 is 0 Å². The average molecular weight is 414 g/mol. The molecule has 2 aromatic heterocycles. The van der Waals surface area contributed by atoms with Gasteiger partial charge in [-0.3, -0.25) is 4.98 Å². The first-order chi connectivity index (χ1) is 10.0. The molecule has 0 aliphatic carbocycles. The molecule has 2 heterocycles. The molecule has 3 aromatic rings. The van der Waals surface area contributed by atoms with Gasteiger partial charge in [-0.15, -0.1) is 0 Å². The second kappa shape index (κ2) is 5.53. The molecule has 0 aliphatic rings. The van der Waals surface area contributed by atoms with Crippen molar-refractivity contribution in [1.82, 2.24) is 15.1 Å². The minimum Gasteiger partial charge on any atom is -0.396 e. The number of nitrogens with two attached hydrogens (primary N) is 1. The van der Waals surface area contributed by atoms with Crippen LogP contribution in [0.1, 0.15) is 0 Å². The molecule has 0 spiro atoms. The monoisotopic (exact) mass is 412 g/mol. The molecular weight excluding hydrogens is 407 g/mol. The smallest absolute Gasteiger partial charge is 0.258 e. The fourth-order valence-corrected chi connectivity index (χ4v) is 2.84. The van der Waals surface area contributed by atoms with E-state index in [1.54, 1.807) is 12.3 Å². The van der Waals surface area contributed by atoms with Gasteiger partial charge in [-0.1, -0.05) is 5.16 Å². The lowest BCUT2D eigenvalue weighted by Gasteiger charge is -1.98. The Morgan fingerprint density at radius 3 is 2.71 bits per heavy atom. The Morgan fingerprint density at radius 2 is 2.00 bits per heavy atom. The van der Waals surface area contributed by atoms with E-state index >= 15 is 0 Å². The summed E-state index contributed by atoms with van der Waals surface area (Å²) in [6.07, 6.45) is 1.62. The van der Waals surface area contributed by atoms with Gasteiger partial charge < -0.3 is 10.3 Å². The molecule has 0 unspecified atom stereocenters. The molecule has 0 aliphatic heterocycles. The molecule has 0 amide bonds. The minimum absolute atomic E-state index is 0.0656. The van der Waals surface area contributed by atoms with Crippen molar-refractivity contribution in [2.24, 2.45) is 0 Å². The summed E-state index contributed by atoms with van der Waals surface area (Å²) in [5, 5.41) is 3.86. The van der Waals surface area contributed by atoms with Gasteiger partial charge in [0.2, 0.25) is 5.82 Å². The van der Waals surface area contributed by atoms with Crippen molar-refractivity contribution in [3.63, 3.8) is 0 Å². The predicted molar refractivity (Wildman–Crippen MR) is 82.7 cm³/mol.